The summed E-state index contributed by atoms with van der Waals surface area (Å²) in [6, 6.07) is 20.5. The molecule has 2 heteroatoms. The molecule has 0 aliphatic heterocycles. The van der Waals surface area contributed by atoms with Gasteiger partial charge in [0.2, 0.25) is 5.91 Å². The number of rotatable bonds is 6. The molecule has 0 bridgehead atoms. The minimum atomic E-state index is 0.0319. The van der Waals surface area contributed by atoms with Gasteiger partial charge in [0.05, 0.1) is 0 Å². The van der Waals surface area contributed by atoms with Crippen LogP contribution in [0.4, 0.5) is 0 Å². The fourth-order valence-corrected chi connectivity index (χ4v) is 2.34. The van der Waals surface area contributed by atoms with Gasteiger partial charge in [-0.3, -0.25) is 4.79 Å². The second-order valence-electron chi connectivity index (χ2n) is 5.64. The van der Waals surface area contributed by atoms with Crippen LogP contribution in [0.5, 0.6) is 0 Å². The van der Waals surface area contributed by atoms with Crippen LogP contribution in [0, 0.1) is 5.92 Å². The van der Waals surface area contributed by atoms with Gasteiger partial charge in [-0.2, -0.15) is 0 Å². The zero-order valence-electron chi connectivity index (χ0n) is 12.8. The molecule has 0 aliphatic carbocycles. The molecule has 0 aliphatic rings. The smallest absolute Gasteiger partial charge is 0.225 e. The number of hydrogen-bond acceptors (Lipinski definition) is 1. The van der Waals surface area contributed by atoms with E-state index in [0.717, 1.165) is 13.0 Å². The highest BCUT2D eigenvalue weighted by Crippen LogP contribution is 2.10. The van der Waals surface area contributed by atoms with Gasteiger partial charge in [-0.05, 0) is 17.5 Å². The number of carbonyl (C=O) groups is 1. The molecule has 1 amide bonds. The maximum Gasteiger partial charge on any atom is 0.225 e. The normalized spacial score (nSPS) is 10.6. The van der Waals surface area contributed by atoms with Crippen molar-refractivity contribution in [3.8, 4) is 0 Å². The lowest BCUT2D eigenvalue weighted by Crippen LogP contribution is -2.35. The molecular formula is C19H23NO. The molecule has 0 heterocycles. The molecule has 0 N–H and O–H groups in total. The third-order valence-electron chi connectivity index (χ3n) is 3.54. The standard InChI is InChI=1S/C19H23NO/c1-16(2)19(21)20(15-18-11-7-4-8-12-18)14-13-17-9-5-3-6-10-17/h3-12,16H,13-15H2,1-2H3. The Bertz CT molecular complexity index is 548. The fraction of sp³-hybridized carbons (Fsp3) is 0.316. The van der Waals surface area contributed by atoms with Crippen LogP contribution in [0.3, 0.4) is 0 Å². The molecule has 2 nitrogen and oxygen atoms in total. The first-order valence-electron chi connectivity index (χ1n) is 7.53. The van der Waals surface area contributed by atoms with Crippen LogP contribution in [0.25, 0.3) is 0 Å². The lowest BCUT2D eigenvalue weighted by atomic mass is 10.1. The first-order valence-corrected chi connectivity index (χ1v) is 7.53. The summed E-state index contributed by atoms with van der Waals surface area (Å²) in [4.78, 5) is 14.4. The Morgan fingerprint density at radius 3 is 1.95 bits per heavy atom. The van der Waals surface area contributed by atoms with Crippen molar-refractivity contribution < 1.29 is 4.79 Å². The molecule has 2 rings (SSSR count). The van der Waals surface area contributed by atoms with E-state index >= 15 is 0 Å². The van der Waals surface area contributed by atoms with Crippen LogP contribution < -0.4 is 0 Å². The summed E-state index contributed by atoms with van der Waals surface area (Å²) in [6.45, 7) is 5.37. The summed E-state index contributed by atoms with van der Waals surface area (Å²) in [5, 5.41) is 0. The van der Waals surface area contributed by atoms with E-state index in [-0.39, 0.29) is 11.8 Å². The number of amides is 1. The van der Waals surface area contributed by atoms with E-state index in [2.05, 4.69) is 24.3 Å². The predicted octanol–water partition coefficient (Wildman–Crippen LogP) is 3.91. The zero-order chi connectivity index (χ0) is 15.1. The van der Waals surface area contributed by atoms with Crippen LogP contribution >= 0.6 is 0 Å². The van der Waals surface area contributed by atoms with Gasteiger partial charge in [0.25, 0.3) is 0 Å². The van der Waals surface area contributed by atoms with Crippen molar-refractivity contribution in [1.29, 1.82) is 0 Å². The highest BCUT2D eigenvalue weighted by atomic mass is 16.2. The Morgan fingerprint density at radius 1 is 0.905 bits per heavy atom. The fourth-order valence-electron chi connectivity index (χ4n) is 2.34. The second-order valence-corrected chi connectivity index (χ2v) is 5.64. The van der Waals surface area contributed by atoms with E-state index in [4.69, 9.17) is 0 Å². The molecule has 0 spiro atoms. The summed E-state index contributed by atoms with van der Waals surface area (Å²) < 4.78 is 0. The van der Waals surface area contributed by atoms with E-state index in [1.165, 1.54) is 11.1 Å². The maximum atomic E-state index is 12.4. The van der Waals surface area contributed by atoms with E-state index in [1.54, 1.807) is 0 Å². The molecule has 0 atom stereocenters. The summed E-state index contributed by atoms with van der Waals surface area (Å²) in [5.41, 5.74) is 2.45. The molecule has 0 fully saturated rings. The maximum absolute atomic E-state index is 12.4. The van der Waals surface area contributed by atoms with Crippen molar-refractivity contribution in [2.75, 3.05) is 6.54 Å². The molecular weight excluding hydrogens is 258 g/mol. The Kier molecular flexibility index (Phi) is 5.56. The van der Waals surface area contributed by atoms with Gasteiger partial charge < -0.3 is 4.90 Å². The van der Waals surface area contributed by atoms with Crippen molar-refractivity contribution in [1.82, 2.24) is 4.90 Å². The Labute approximate surface area is 127 Å². The minimum absolute atomic E-state index is 0.0319. The Morgan fingerprint density at radius 2 is 1.43 bits per heavy atom. The highest BCUT2D eigenvalue weighted by Gasteiger charge is 2.17. The molecule has 0 radical (unpaired) electrons. The largest absolute Gasteiger partial charge is 0.338 e. The van der Waals surface area contributed by atoms with Crippen molar-refractivity contribution in [3.05, 3.63) is 71.8 Å². The molecule has 2 aromatic rings. The van der Waals surface area contributed by atoms with E-state index in [1.807, 2.05) is 55.1 Å². The molecule has 0 aromatic heterocycles. The van der Waals surface area contributed by atoms with Crippen LogP contribution in [0.2, 0.25) is 0 Å². The lowest BCUT2D eigenvalue weighted by molar-refractivity contribution is -0.135. The van der Waals surface area contributed by atoms with Crippen LogP contribution in [0.1, 0.15) is 25.0 Å². The molecule has 0 saturated heterocycles. The number of hydrogen-bond donors (Lipinski definition) is 0. The summed E-state index contributed by atoms with van der Waals surface area (Å²) in [7, 11) is 0. The van der Waals surface area contributed by atoms with E-state index in [9.17, 15) is 4.79 Å². The van der Waals surface area contributed by atoms with Crippen molar-refractivity contribution in [3.63, 3.8) is 0 Å². The molecule has 0 unspecified atom stereocenters. The summed E-state index contributed by atoms with van der Waals surface area (Å²) in [5.74, 6) is 0.249. The second kappa shape index (κ2) is 7.63. The van der Waals surface area contributed by atoms with E-state index in [0.29, 0.717) is 6.54 Å². The van der Waals surface area contributed by atoms with Gasteiger partial charge in [-0.1, -0.05) is 74.5 Å². The molecule has 2 aromatic carbocycles. The van der Waals surface area contributed by atoms with Gasteiger partial charge >= 0.3 is 0 Å². The minimum Gasteiger partial charge on any atom is -0.338 e. The van der Waals surface area contributed by atoms with Gasteiger partial charge in [0.1, 0.15) is 0 Å². The SMILES string of the molecule is CC(C)C(=O)N(CCc1ccccc1)Cc1ccccc1. The van der Waals surface area contributed by atoms with Crippen molar-refractivity contribution >= 4 is 5.91 Å². The van der Waals surface area contributed by atoms with Crippen LogP contribution in [-0.2, 0) is 17.8 Å². The first kappa shape index (κ1) is 15.3. The van der Waals surface area contributed by atoms with Gasteiger partial charge in [0.15, 0.2) is 0 Å². The molecule has 0 saturated carbocycles. The average Bonchev–Trinajstić information content (AvgIpc) is 2.52. The number of carbonyl (C=O) groups excluding carboxylic acids is 1. The third kappa shape index (κ3) is 4.75. The Hall–Kier alpha value is -2.09. The van der Waals surface area contributed by atoms with Crippen molar-refractivity contribution in [2.24, 2.45) is 5.92 Å². The topological polar surface area (TPSA) is 20.3 Å². The van der Waals surface area contributed by atoms with Gasteiger partial charge in [-0.15, -0.1) is 0 Å². The lowest BCUT2D eigenvalue weighted by Gasteiger charge is -2.25. The first-order chi connectivity index (χ1) is 10.2. The monoisotopic (exact) mass is 281 g/mol. The van der Waals surface area contributed by atoms with Crippen molar-refractivity contribution in [2.45, 2.75) is 26.8 Å². The van der Waals surface area contributed by atoms with E-state index < -0.39 is 0 Å². The quantitative estimate of drug-likeness (QED) is 0.786. The van der Waals surface area contributed by atoms with Gasteiger partial charge in [-0.25, -0.2) is 0 Å². The Balaban J connectivity index is 2.04. The molecule has 110 valence electrons. The third-order valence-corrected chi connectivity index (χ3v) is 3.54. The number of nitrogens with zero attached hydrogens (tertiary/aromatic N) is 1. The van der Waals surface area contributed by atoms with Crippen LogP contribution in [-0.4, -0.2) is 17.4 Å². The van der Waals surface area contributed by atoms with Gasteiger partial charge in [0, 0.05) is 19.0 Å². The molecule has 21 heavy (non-hydrogen) atoms. The summed E-state index contributed by atoms with van der Waals surface area (Å²) >= 11 is 0. The predicted molar refractivity (Wildman–Crippen MR) is 86.8 cm³/mol. The zero-order valence-corrected chi connectivity index (χ0v) is 12.8. The average molecular weight is 281 g/mol. The van der Waals surface area contributed by atoms with Crippen LogP contribution in [0.15, 0.2) is 60.7 Å². The highest BCUT2D eigenvalue weighted by molar-refractivity contribution is 5.78. The number of benzene rings is 2. The summed E-state index contributed by atoms with van der Waals surface area (Å²) in [6.07, 6.45) is 0.895.